The van der Waals surface area contributed by atoms with E-state index >= 15 is 0 Å². The van der Waals surface area contributed by atoms with Crippen molar-refractivity contribution in [2.75, 3.05) is 6.54 Å². The highest BCUT2D eigenvalue weighted by molar-refractivity contribution is 5.76. The van der Waals surface area contributed by atoms with Gasteiger partial charge in [-0.1, -0.05) is 0 Å². The van der Waals surface area contributed by atoms with Crippen molar-refractivity contribution >= 4 is 5.91 Å². The third kappa shape index (κ3) is 3.82. The Bertz CT molecular complexity index is 536. The van der Waals surface area contributed by atoms with Crippen molar-refractivity contribution < 1.29 is 30.3 Å². The predicted molar refractivity (Wildman–Crippen MR) is 100 cm³/mol. The highest BCUT2D eigenvalue weighted by atomic mass is 16.4. The summed E-state index contributed by atoms with van der Waals surface area (Å²) in [5, 5.41) is 55.4. The molecule has 0 saturated heterocycles. The second kappa shape index (κ2) is 7.81. The third-order valence-corrected chi connectivity index (χ3v) is 7.54. The van der Waals surface area contributed by atoms with Crippen LogP contribution in [0.1, 0.15) is 51.4 Å². The zero-order chi connectivity index (χ0) is 20.1. The van der Waals surface area contributed by atoms with Gasteiger partial charge in [0.25, 0.3) is 0 Å². The molecule has 6 atom stereocenters. The largest absolute Gasteiger partial charge is 0.389 e. The summed E-state index contributed by atoms with van der Waals surface area (Å²) in [6.45, 7) is 0.350. The molecule has 0 aliphatic heterocycles. The molecule has 5 rings (SSSR count). The maximum atomic E-state index is 12.5. The van der Waals surface area contributed by atoms with Crippen molar-refractivity contribution in [3.8, 4) is 0 Å². The lowest BCUT2D eigenvalue weighted by Gasteiger charge is -2.56. The van der Waals surface area contributed by atoms with Crippen molar-refractivity contribution in [2.45, 2.75) is 93.5 Å². The monoisotopic (exact) mass is 398 g/mol. The minimum Gasteiger partial charge on any atom is -0.389 e. The molecule has 28 heavy (non-hydrogen) atoms. The maximum absolute atomic E-state index is 12.5. The molecule has 1 amide bonds. The van der Waals surface area contributed by atoms with Gasteiger partial charge in [0.2, 0.25) is 5.91 Å². The van der Waals surface area contributed by atoms with Crippen molar-refractivity contribution in [1.82, 2.24) is 10.6 Å². The number of carbonyl (C=O) groups is 1. The fraction of sp³-hybridized carbons (Fsp3) is 0.950. The zero-order valence-corrected chi connectivity index (χ0v) is 16.2. The Morgan fingerprint density at radius 3 is 1.75 bits per heavy atom. The van der Waals surface area contributed by atoms with E-state index in [-0.39, 0.29) is 11.4 Å². The first-order chi connectivity index (χ1) is 13.3. The molecule has 7 N–H and O–H groups in total. The normalized spacial score (nSPS) is 50.0. The molecule has 5 saturated carbocycles. The van der Waals surface area contributed by atoms with Gasteiger partial charge in [-0.05, 0) is 69.2 Å². The maximum Gasteiger partial charge on any atom is 0.220 e. The van der Waals surface area contributed by atoms with E-state index in [0.717, 1.165) is 37.0 Å². The van der Waals surface area contributed by atoms with E-state index in [1.54, 1.807) is 0 Å². The lowest BCUT2D eigenvalue weighted by Crippen LogP contribution is -2.67. The predicted octanol–water partition coefficient (Wildman–Crippen LogP) is -1.37. The van der Waals surface area contributed by atoms with Gasteiger partial charge in [0.05, 0.1) is 6.04 Å². The van der Waals surface area contributed by atoms with Crippen molar-refractivity contribution in [3.63, 3.8) is 0 Å². The Balaban J connectivity index is 1.22. The van der Waals surface area contributed by atoms with E-state index in [1.807, 2.05) is 0 Å². The summed E-state index contributed by atoms with van der Waals surface area (Å²) in [4.78, 5) is 12.5. The van der Waals surface area contributed by atoms with Gasteiger partial charge in [-0.25, -0.2) is 0 Å². The molecule has 5 aliphatic carbocycles. The van der Waals surface area contributed by atoms with E-state index in [2.05, 4.69) is 10.6 Å². The average molecular weight is 399 g/mol. The molecule has 5 aliphatic rings. The highest BCUT2D eigenvalue weighted by Gasteiger charge is 2.51. The molecule has 0 radical (unpaired) electrons. The van der Waals surface area contributed by atoms with E-state index in [4.69, 9.17) is 0 Å². The topological polar surface area (TPSA) is 142 Å². The number of carbonyl (C=O) groups excluding carboxylic acids is 1. The van der Waals surface area contributed by atoms with Gasteiger partial charge in [0.15, 0.2) is 0 Å². The molecule has 0 heterocycles. The zero-order valence-electron chi connectivity index (χ0n) is 16.2. The van der Waals surface area contributed by atoms with Crippen LogP contribution in [0.3, 0.4) is 0 Å². The van der Waals surface area contributed by atoms with E-state index in [0.29, 0.717) is 19.4 Å². The summed E-state index contributed by atoms with van der Waals surface area (Å²) >= 11 is 0. The Morgan fingerprint density at radius 2 is 1.25 bits per heavy atom. The van der Waals surface area contributed by atoms with Gasteiger partial charge in [-0.2, -0.15) is 0 Å². The van der Waals surface area contributed by atoms with E-state index in [9.17, 15) is 30.3 Å². The molecule has 0 aromatic carbocycles. The van der Waals surface area contributed by atoms with Crippen LogP contribution in [0.25, 0.3) is 0 Å². The summed E-state index contributed by atoms with van der Waals surface area (Å²) in [6.07, 6.45) is 0.754. The van der Waals surface area contributed by atoms with Crippen LogP contribution in [0, 0.1) is 17.8 Å². The smallest absolute Gasteiger partial charge is 0.220 e. The van der Waals surface area contributed by atoms with Crippen LogP contribution in [0.15, 0.2) is 0 Å². The number of hydrogen-bond acceptors (Lipinski definition) is 7. The number of hydrogen-bond donors (Lipinski definition) is 7. The number of aliphatic hydroxyl groups is 5. The standard InChI is InChI=1S/C20H34N2O6/c23-13(22-20-7-10-4-11(8-20)6-12(5-10)9-20)2-1-3-21-14-15(24)17(26)19(28)18(27)16(14)25/h10-12,14-19,21,24-28H,1-9H2,(H,22,23)/t10?,11?,12?,14?,15-,16+,17+,18-,19?,20?. The first-order valence-corrected chi connectivity index (χ1v) is 10.7. The molecule has 0 aromatic rings. The SMILES string of the molecule is O=C(CCCNC1[C@@H](O)[C@H](O)C(O)[C@H](O)[C@H]1O)NC12CC3CC(CC(C3)C1)C2. The molecular weight excluding hydrogens is 364 g/mol. The Labute approximate surface area is 165 Å². The van der Waals surface area contributed by atoms with Crippen LogP contribution in [0.4, 0.5) is 0 Å². The second-order valence-corrected chi connectivity index (χ2v) is 9.78. The molecule has 2 unspecified atom stereocenters. The van der Waals surface area contributed by atoms with Crippen LogP contribution in [-0.4, -0.2) is 80.1 Å². The molecule has 0 spiro atoms. The quantitative estimate of drug-likeness (QED) is 0.274. The summed E-state index contributed by atoms with van der Waals surface area (Å²) in [7, 11) is 0. The lowest BCUT2D eigenvalue weighted by molar-refractivity contribution is -0.190. The molecule has 8 heteroatoms. The number of rotatable bonds is 6. The van der Waals surface area contributed by atoms with Gasteiger partial charge < -0.3 is 36.2 Å². The van der Waals surface area contributed by atoms with Crippen molar-refractivity contribution in [3.05, 3.63) is 0 Å². The van der Waals surface area contributed by atoms with Crippen LogP contribution >= 0.6 is 0 Å². The molecule has 160 valence electrons. The fourth-order valence-corrected chi connectivity index (χ4v) is 6.61. The molecule has 5 fully saturated rings. The van der Waals surface area contributed by atoms with Gasteiger partial charge in [-0.3, -0.25) is 4.79 Å². The fourth-order valence-electron chi connectivity index (χ4n) is 6.61. The number of aliphatic hydroxyl groups excluding tert-OH is 5. The van der Waals surface area contributed by atoms with Crippen LogP contribution in [-0.2, 0) is 4.79 Å². The Kier molecular flexibility index (Phi) is 5.72. The Morgan fingerprint density at radius 1 is 0.786 bits per heavy atom. The summed E-state index contributed by atoms with van der Waals surface area (Å²) in [5.74, 6) is 2.37. The van der Waals surface area contributed by atoms with Gasteiger partial charge >= 0.3 is 0 Å². The minimum atomic E-state index is -1.59. The lowest BCUT2D eigenvalue weighted by atomic mass is 9.53. The van der Waals surface area contributed by atoms with E-state index in [1.165, 1.54) is 19.3 Å². The first-order valence-electron chi connectivity index (χ1n) is 10.7. The number of nitrogens with one attached hydrogen (secondary N) is 2. The summed E-state index contributed by atoms with van der Waals surface area (Å²) in [6, 6.07) is -0.959. The highest BCUT2D eigenvalue weighted by Crippen LogP contribution is 2.55. The summed E-state index contributed by atoms with van der Waals surface area (Å²) in [5.41, 5.74) is -0.000617. The third-order valence-electron chi connectivity index (χ3n) is 7.54. The summed E-state index contributed by atoms with van der Waals surface area (Å²) < 4.78 is 0. The van der Waals surface area contributed by atoms with Crippen LogP contribution in [0.2, 0.25) is 0 Å². The molecular formula is C20H34N2O6. The Hall–Kier alpha value is -0.770. The van der Waals surface area contributed by atoms with Gasteiger partial charge in [0.1, 0.15) is 30.5 Å². The first kappa shape index (κ1) is 20.5. The van der Waals surface area contributed by atoms with Crippen LogP contribution < -0.4 is 10.6 Å². The average Bonchev–Trinajstić information content (AvgIpc) is 2.62. The van der Waals surface area contributed by atoms with Gasteiger partial charge in [-0.15, -0.1) is 0 Å². The molecule has 4 bridgehead atoms. The van der Waals surface area contributed by atoms with E-state index < -0.39 is 36.6 Å². The molecule has 0 aromatic heterocycles. The molecule has 8 nitrogen and oxygen atoms in total. The van der Waals surface area contributed by atoms with Gasteiger partial charge in [0, 0.05) is 12.0 Å². The minimum absolute atomic E-state index is 0.000617. The van der Waals surface area contributed by atoms with Crippen LogP contribution in [0.5, 0.6) is 0 Å². The van der Waals surface area contributed by atoms with Crippen molar-refractivity contribution in [1.29, 1.82) is 0 Å². The number of amides is 1. The second-order valence-electron chi connectivity index (χ2n) is 9.78. The van der Waals surface area contributed by atoms with Crippen molar-refractivity contribution in [2.24, 2.45) is 17.8 Å².